The molecule has 5 nitrogen and oxygen atoms in total. The Labute approximate surface area is 138 Å². The molecule has 0 fully saturated rings. The monoisotopic (exact) mass is 339 g/mol. The molecule has 0 saturated heterocycles. The van der Waals surface area contributed by atoms with Gasteiger partial charge in [-0.05, 0) is 23.8 Å². The third-order valence-corrected chi connectivity index (χ3v) is 3.91. The number of nitrogens with one attached hydrogen (secondary N) is 2. The van der Waals surface area contributed by atoms with E-state index in [1.165, 1.54) is 12.1 Å². The first kappa shape index (κ1) is 16.5. The summed E-state index contributed by atoms with van der Waals surface area (Å²) in [6, 6.07) is 11.9. The summed E-state index contributed by atoms with van der Waals surface area (Å²) in [4.78, 5) is 10.1. The van der Waals surface area contributed by atoms with Crippen LogP contribution in [-0.4, -0.2) is 18.0 Å². The second-order valence-electron chi connectivity index (χ2n) is 4.62. The van der Waals surface area contributed by atoms with Gasteiger partial charge in [-0.15, -0.1) is 0 Å². The molecule has 2 aromatic carbocycles. The minimum absolute atomic E-state index is 0.0827. The Morgan fingerprint density at radius 2 is 1.77 bits per heavy atom. The predicted molar refractivity (Wildman–Crippen MR) is 89.8 cm³/mol. The Bertz CT molecular complexity index is 648. The van der Waals surface area contributed by atoms with Gasteiger partial charge in [0.15, 0.2) is 0 Å². The molecule has 2 N–H and O–H groups in total. The van der Waals surface area contributed by atoms with Crippen molar-refractivity contribution < 1.29 is 4.92 Å². The third-order valence-electron chi connectivity index (χ3n) is 3.06. The molecule has 0 radical (unpaired) electrons. The molecule has 0 saturated carbocycles. The number of nitrogens with zero attached hydrogens (tertiary/aromatic N) is 1. The number of hydrogen-bond donors (Lipinski definition) is 2. The maximum atomic E-state index is 10.6. The van der Waals surface area contributed by atoms with E-state index in [0.29, 0.717) is 23.1 Å². The van der Waals surface area contributed by atoms with E-state index in [0.717, 1.165) is 17.8 Å². The summed E-state index contributed by atoms with van der Waals surface area (Å²) in [6.07, 6.45) is 0. The number of anilines is 1. The zero-order valence-corrected chi connectivity index (χ0v) is 13.2. The van der Waals surface area contributed by atoms with Gasteiger partial charge >= 0.3 is 0 Å². The highest BCUT2D eigenvalue weighted by Gasteiger charge is 2.04. The first-order chi connectivity index (χ1) is 10.6. The number of halogens is 2. The highest BCUT2D eigenvalue weighted by molar-refractivity contribution is 6.42. The summed E-state index contributed by atoms with van der Waals surface area (Å²) in [6.45, 7) is 2.04. The van der Waals surface area contributed by atoms with Crippen molar-refractivity contribution in [1.82, 2.24) is 5.32 Å². The van der Waals surface area contributed by atoms with Crippen LogP contribution in [0.4, 0.5) is 11.4 Å². The van der Waals surface area contributed by atoms with Crippen molar-refractivity contribution in [3.8, 4) is 0 Å². The van der Waals surface area contributed by atoms with Gasteiger partial charge < -0.3 is 10.6 Å². The van der Waals surface area contributed by atoms with E-state index in [9.17, 15) is 10.1 Å². The number of benzene rings is 2. The SMILES string of the molecule is O=[N+]([O-])c1ccc(NCCNCc2cccc(Cl)c2Cl)cc1. The van der Waals surface area contributed by atoms with E-state index in [-0.39, 0.29) is 5.69 Å². The number of nitro benzene ring substituents is 1. The lowest BCUT2D eigenvalue weighted by molar-refractivity contribution is -0.384. The first-order valence-corrected chi connectivity index (χ1v) is 7.45. The maximum Gasteiger partial charge on any atom is 0.269 e. The van der Waals surface area contributed by atoms with Crippen LogP contribution >= 0.6 is 23.2 Å². The van der Waals surface area contributed by atoms with Gasteiger partial charge in [-0.3, -0.25) is 10.1 Å². The van der Waals surface area contributed by atoms with E-state index in [2.05, 4.69) is 10.6 Å². The van der Waals surface area contributed by atoms with Crippen molar-refractivity contribution in [3.63, 3.8) is 0 Å². The molecule has 22 heavy (non-hydrogen) atoms. The average Bonchev–Trinajstić information content (AvgIpc) is 2.51. The van der Waals surface area contributed by atoms with Gasteiger partial charge in [-0.25, -0.2) is 0 Å². The largest absolute Gasteiger partial charge is 0.384 e. The normalized spacial score (nSPS) is 10.5. The fourth-order valence-electron chi connectivity index (χ4n) is 1.90. The van der Waals surface area contributed by atoms with Gasteiger partial charge in [0, 0.05) is 37.5 Å². The molecule has 2 aromatic rings. The van der Waals surface area contributed by atoms with Crippen LogP contribution < -0.4 is 10.6 Å². The zero-order chi connectivity index (χ0) is 15.9. The Balaban J connectivity index is 1.73. The summed E-state index contributed by atoms with van der Waals surface area (Å²) in [5.41, 5.74) is 1.87. The second-order valence-corrected chi connectivity index (χ2v) is 5.41. The van der Waals surface area contributed by atoms with Crippen molar-refractivity contribution in [3.05, 3.63) is 68.2 Å². The van der Waals surface area contributed by atoms with Gasteiger partial charge in [0.2, 0.25) is 0 Å². The molecule has 0 spiro atoms. The molecule has 0 heterocycles. The number of non-ortho nitro benzene ring substituents is 1. The highest BCUT2D eigenvalue weighted by atomic mass is 35.5. The van der Waals surface area contributed by atoms with Crippen LogP contribution in [0.5, 0.6) is 0 Å². The van der Waals surface area contributed by atoms with Gasteiger partial charge in [0.25, 0.3) is 5.69 Å². The molecule has 0 aliphatic carbocycles. The quantitative estimate of drug-likeness (QED) is 0.452. The van der Waals surface area contributed by atoms with Crippen molar-refractivity contribution >= 4 is 34.6 Å². The maximum absolute atomic E-state index is 10.6. The minimum Gasteiger partial charge on any atom is -0.384 e. The lowest BCUT2D eigenvalue weighted by Crippen LogP contribution is -2.21. The Hall–Kier alpha value is -1.82. The molecule has 0 aliphatic heterocycles. The third kappa shape index (κ3) is 4.59. The molecular formula is C15H15Cl2N3O2. The summed E-state index contributed by atoms with van der Waals surface area (Å²) in [7, 11) is 0. The van der Waals surface area contributed by atoms with E-state index in [4.69, 9.17) is 23.2 Å². The van der Waals surface area contributed by atoms with Gasteiger partial charge in [-0.2, -0.15) is 0 Å². The number of nitro groups is 1. The predicted octanol–water partition coefficient (Wildman–Crippen LogP) is 4.10. The van der Waals surface area contributed by atoms with Crippen LogP contribution in [0, 0.1) is 10.1 Å². The van der Waals surface area contributed by atoms with Crippen molar-refractivity contribution in [2.45, 2.75) is 6.54 Å². The average molecular weight is 340 g/mol. The van der Waals surface area contributed by atoms with E-state index in [1.807, 2.05) is 12.1 Å². The van der Waals surface area contributed by atoms with Crippen LogP contribution in [0.15, 0.2) is 42.5 Å². The molecular weight excluding hydrogens is 325 g/mol. The highest BCUT2D eigenvalue weighted by Crippen LogP contribution is 2.25. The molecule has 0 amide bonds. The van der Waals surface area contributed by atoms with Crippen LogP contribution in [0.2, 0.25) is 10.0 Å². The molecule has 116 valence electrons. The van der Waals surface area contributed by atoms with Crippen LogP contribution in [0.25, 0.3) is 0 Å². The summed E-state index contributed by atoms with van der Waals surface area (Å²) in [5, 5.41) is 18.1. The van der Waals surface area contributed by atoms with Gasteiger partial charge in [0.05, 0.1) is 15.0 Å². The lowest BCUT2D eigenvalue weighted by Gasteiger charge is -2.09. The smallest absolute Gasteiger partial charge is 0.269 e. The summed E-state index contributed by atoms with van der Waals surface area (Å²) in [5.74, 6) is 0. The fraction of sp³-hybridized carbons (Fsp3) is 0.200. The Kier molecular flexibility index (Phi) is 6.00. The molecule has 0 aliphatic rings. The van der Waals surface area contributed by atoms with E-state index >= 15 is 0 Å². The van der Waals surface area contributed by atoms with E-state index in [1.54, 1.807) is 18.2 Å². The lowest BCUT2D eigenvalue weighted by atomic mass is 10.2. The Morgan fingerprint density at radius 3 is 2.45 bits per heavy atom. The Morgan fingerprint density at radius 1 is 1.05 bits per heavy atom. The summed E-state index contributed by atoms with van der Waals surface area (Å²) < 4.78 is 0. The van der Waals surface area contributed by atoms with Gasteiger partial charge in [0.1, 0.15) is 0 Å². The van der Waals surface area contributed by atoms with Gasteiger partial charge in [-0.1, -0.05) is 35.3 Å². The molecule has 0 unspecified atom stereocenters. The van der Waals surface area contributed by atoms with Crippen LogP contribution in [-0.2, 0) is 6.54 Å². The minimum atomic E-state index is -0.417. The molecule has 7 heteroatoms. The van der Waals surface area contributed by atoms with Crippen LogP contribution in [0.3, 0.4) is 0 Å². The molecule has 0 bridgehead atoms. The molecule has 0 atom stereocenters. The fourth-order valence-corrected chi connectivity index (χ4v) is 2.29. The van der Waals surface area contributed by atoms with E-state index < -0.39 is 4.92 Å². The summed E-state index contributed by atoms with van der Waals surface area (Å²) >= 11 is 12.0. The molecule has 2 rings (SSSR count). The van der Waals surface area contributed by atoms with Crippen molar-refractivity contribution in [2.24, 2.45) is 0 Å². The number of hydrogen-bond acceptors (Lipinski definition) is 4. The standard InChI is InChI=1S/C15H15Cl2N3O2/c16-14-3-1-2-11(15(14)17)10-18-8-9-19-12-4-6-13(7-5-12)20(21)22/h1-7,18-19H,8-10H2. The molecule has 0 aromatic heterocycles. The zero-order valence-electron chi connectivity index (χ0n) is 11.7. The second kappa shape index (κ2) is 7.98. The number of rotatable bonds is 7. The van der Waals surface area contributed by atoms with Crippen molar-refractivity contribution in [1.29, 1.82) is 0 Å². The van der Waals surface area contributed by atoms with Crippen LogP contribution in [0.1, 0.15) is 5.56 Å². The first-order valence-electron chi connectivity index (χ1n) is 6.70. The van der Waals surface area contributed by atoms with Crippen molar-refractivity contribution in [2.75, 3.05) is 18.4 Å². The topological polar surface area (TPSA) is 67.2 Å².